The summed E-state index contributed by atoms with van der Waals surface area (Å²) >= 11 is 1.14. The molecule has 1 aliphatic carbocycles. The largest absolute Gasteiger partial charge is 0.481 e. The van der Waals surface area contributed by atoms with Gasteiger partial charge in [0.05, 0.1) is 11.5 Å². The Balaban J connectivity index is 1.97. The summed E-state index contributed by atoms with van der Waals surface area (Å²) in [5.41, 5.74) is 0. The van der Waals surface area contributed by atoms with Gasteiger partial charge in [0, 0.05) is 6.54 Å². The minimum atomic E-state index is -0.870. The van der Waals surface area contributed by atoms with E-state index in [1.54, 1.807) is 0 Å². The molecule has 1 fully saturated rings. The fourth-order valence-electron chi connectivity index (χ4n) is 2.17. The molecule has 0 aromatic heterocycles. The first-order valence-electron chi connectivity index (χ1n) is 6.24. The van der Waals surface area contributed by atoms with Crippen LogP contribution in [0, 0.1) is 5.92 Å². The Hall–Kier alpha value is -0.710. The summed E-state index contributed by atoms with van der Waals surface area (Å²) in [6.07, 6.45) is 7.66. The highest BCUT2D eigenvalue weighted by Crippen LogP contribution is 2.25. The van der Waals surface area contributed by atoms with Gasteiger partial charge < -0.3 is 10.4 Å². The molecule has 0 aromatic carbocycles. The number of hydrogen-bond acceptors (Lipinski definition) is 3. The molecule has 0 aromatic rings. The first-order valence-corrected chi connectivity index (χ1v) is 7.40. The molecular weight excluding hydrogens is 238 g/mol. The lowest BCUT2D eigenvalue weighted by Crippen LogP contribution is -2.28. The first-order chi connectivity index (χ1) is 8.18. The Morgan fingerprint density at radius 3 is 2.53 bits per heavy atom. The van der Waals surface area contributed by atoms with E-state index in [1.807, 2.05) is 0 Å². The Morgan fingerprint density at radius 1 is 1.18 bits per heavy atom. The number of rotatable bonds is 7. The average Bonchev–Trinajstić information content (AvgIpc) is 2.30. The lowest BCUT2D eigenvalue weighted by molar-refractivity contribution is -0.133. The predicted octanol–water partition coefficient (Wildman–Crippen LogP) is 1.89. The van der Waals surface area contributed by atoms with Crippen LogP contribution in [0.2, 0.25) is 0 Å². The summed E-state index contributed by atoms with van der Waals surface area (Å²) in [7, 11) is 0. The molecule has 17 heavy (non-hydrogen) atoms. The van der Waals surface area contributed by atoms with Crippen molar-refractivity contribution in [1.82, 2.24) is 5.32 Å². The van der Waals surface area contributed by atoms with Gasteiger partial charge in [-0.25, -0.2) is 0 Å². The van der Waals surface area contributed by atoms with Crippen LogP contribution in [0.15, 0.2) is 0 Å². The highest BCUT2D eigenvalue weighted by Gasteiger charge is 2.13. The third-order valence-electron chi connectivity index (χ3n) is 3.06. The van der Waals surface area contributed by atoms with Gasteiger partial charge in [0.2, 0.25) is 5.91 Å². The molecule has 0 spiro atoms. The van der Waals surface area contributed by atoms with Gasteiger partial charge in [-0.2, -0.15) is 0 Å². The lowest BCUT2D eigenvalue weighted by Gasteiger charge is -2.21. The molecule has 0 unspecified atom stereocenters. The zero-order valence-corrected chi connectivity index (χ0v) is 10.9. The van der Waals surface area contributed by atoms with Gasteiger partial charge >= 0.3 is 5.97 Å². The molecule has 1 rings (SSSR count). The molecule has 4 nitrogen and oxygen atoms in total. The quantitative estimate of drug-likeness (QED) is 0.732. The second kappa shape index (κ2) is 8.39. The van der Waals surface area contributed by atoms with Gasteiger partial charge in [0.15, 0.2) is 0 Å². The lowest BCUT2D eigenvalue weighted by atomic mass is 9.87. The van der Waals surface area contributed by atoms with E-state index in [0.29, 0.717) is 0 Å². The van der Waals surface area contributed by atoms with Crippen LogP contribution in [0.3, 0.4) is 0 Å². The van der Waals surface area contributed by atoms with Crippen molar-refractivity contribution in [2.45, 2.75) is 38.5 Å². The third kappa shape index (κ3) is 7.26. The Kier molecular flexibility index (Phi) is 7.08. The summed E-state index contributed by atoms with van der Waals surface area (Å²) in [6, 6.07) is 0. The second-order valence-corrected chi connectivity index (χ2v) is 5.51. The molecule has 0 radical (unpaired) electrons. The predicted molar refractivity (Wildman–Crippen MR) is 69.2 cm³/mol. The van der Waals surface area contributed by atoms with Crippen LogP contribution in [0.5, 0.6) is 0 Å². The fraction of sp³-hybridized carbons (Fsp3) is 0.833. The van der Waals surface area contributed by atoms with Gasteiger partial charge in [-0.1, -0.05) is 32.1 Å². The maximum Gasteiger partial charge on any atom is 0.313 e. The van der Waals surface area contributed by atoms with Crippen LogP contribution < -0.4 is 5.32 Å². The maximum atomic E-state index is 11.3. The summed E-state index contributed by atoms with van der Waals surface area (Å²) in [5, 5.41) is 11.3. The highest BCUT2D eigenvalue weighted by atomic mass is 32.2. The number of carboxylic acids is 1. The molecule has 0 bridgehead atoms. The van der Waals surface area contributed by atoms with Gasteiger partial charge in [-0.15, -0.1) is 11.8 Å². The molecular formula is C12H21NO3S. The average molecular weight is 259 g/mol. The zero-order valence-electron chi connectivity index (χ0n) is 10.1. The molecule has 1 amide bonds. The number of thioether (sulfide) groups is 1. The topological polar surface area (TPSA) is 66.4 Å². The number of carbonyl (C=O) groups is 2. The Labute approximate surface area is 107 Å². The minimum absolute atomic E-state index is 0.00392. The second-order valence-electron chi connectivity index (χ2n) is 4.53. The summed E-state index contributed by atoms with van der Waals surface area (Å²) in [5.74, 6) is 0.0975. The van der Waals surface area contributed by atoms with Crippen molar-refractivity contribution in [2.75, 3.05) is 18.1 Å². The summed E-state index contributed by atoms with van der Waals surface area (Å²) < 4.78 is 0. The number of amides is 1. The molecule has 1 aliphatic rings. The fourth-order valence-corrected chi connectivity index (χ4v) is 2.74. The Bertz CT molecular complexity index is 252. The van der Waals surface area contributed by atoms with Crippen LogP contribution in [-0.2, 0) is 9.59 Å². The molecule has 98 valence electrons. The van der Waals surface area contributed by atoms with Crippen molar-refractivity contribution in [1.29, 1.82) is 0 Å². The number of carbonyl (C=O) groups excluding carboxylic acids is 1. The Morgan fingerprint density at radius 2 is 1.88 bits per heavy atom. The maximum absolute atomic E-state index is 11.3. The van der Waals surface area contributed by atoms with Crippen molar-refractivity contribution < 1.29 is 14.7 Å². The normalized spacial score (nSPS) is 16.7. The van der Waals surface area contributed by atoms with Crippen LogP contribution in [-0.4, -0.2) is 35.0 Å². The van der Waals surface area contributed by atoms with Crippen LogP contribution in [0.1, 0.15) is 38.5 Å². The van der Waals surface area contributed by atoms with Crippen molar-refractivity contribution in [2.24, 2.45) is 5.92 Å². The van der Waals surface area contributed by atoms with Crippen molar-refractivity contribution in [3.05, 3.63) is 0 Å². The third-order valence-corrected chi connectivity index (χ3v) is 3.98. The van der Waals surface area contributed by atoms with E-state index >= 15 is 0 Å². The van der Waals surface area contributed by atoms with Crippen molar-refractivity contribution in [3.8, 4) is 0 Å². The summed E-state index contributed by atoms with van der Waals surface area (Å²) in [6.45, 7) is 0.733. The summed E-state index contributed by atoms with van der Waals surface area (Å²) in [4.78, 5) is 21.6. The minimum Gasteiger partial charge on any atom is -0.481 e. The molecule has 0 heterocycles. The van der Waals surface area contributed by atoms with Crippen LogP contribution >= 0.6 is 11.8 Å². The van der Waals surface area contributed by atoms with E-state index in [2.05, 4.69) is 5.32 Å². The highest BCUT2D eigenvalue weighted by molar-refractivity contribution is 8.00. The van der Waals surface area contributed by atoms with E-state index in [1.165, 1.54) is 32.1 Å². The van der Waals surface area contributed by atoms with Gasteiger partial charge in [-0.3, -0.25) is 9.59 Å². The molecule has 0 atom stereocenters. The molecule has 1 saturated carbocycles. The molecule has 5 heteroatoms. The van der Waals surface area contributed by atoms with Gasteiger partial charge in [-0.05, 0) is 12.3 Å². The first kappa shape index (κ1) is 14.4. The number of aliphatic carboxylic acids is 1. The van der Waals surface area contributed by atoms with E-state index in [9.17, 15) is 9.59 Å². The van der Waals surface area contributed by atoms with Gasteiger partial charge in [0.1, 0.15) is 0 Å². The van der Waals surface area contributed by atoms with E-state index in [0.717, 1.165) is 30.6 Å². The van der Waals surface area contributed by atoms with E-state index < -0.39 is 5.97 Å². The monoisotopic (exact) mass is 259 g/mol. The standard InChI is InChI=1S/C12H21NO3S/c14-11(8-17-9-12(15)16)13-7-6-10-4-2-1-3-5-10/h10H,1-9H2,(H,13,14)(H,15,16). The number of carboxylic acid groups (broad SMARTS) is 1. The van der Waals surface area contributed by atoms with E-state index in [-0.39, 0.29) is 17.4 Å². The van der Waals surface area contributed by atoms with Gasteiger partial charge in [0.25, 0.3) is 0 Å². The molecule has 2 N–H and O–H groups in total. The van der Waals surface area contributed by atoms with Crippen LogP contribution in [0.25, 0.3) is 0 Å². The zero-order chi connectivity index (χ0) is 12.5. The number of nitrogens with one attached hydrogen (secondary N) is 1. The number of hydrogen-bond donors (Lipinski definition) is 2. The SMILES string of the molecule is O=C(O)CSCC(=O)NCCC1CCCCC1. The molecule has 0 saturated heterocycles. The smallest absolute Gasteiger partial charge is 0.313 e. The van der Waals surface area contributed by atoms with E-state index in [4.69, 9.17) is 5.11 Å². The van der Waals surface area contributed by atoms with Crippen molar-refractivity contribution >= 4 is 23.6 Å². The van der Waals surface area contributed by atoms with Crippen molar-refractivity contribution in [3.63, 3.8) is 0 Å². The van der Waals surface area contributed by atoms with Crippen LogP contribution in [0.4, 0.5) is 0 Å². The molecule has 0 aliphatic heterocycles.